The minimum Gasteiger partial charge on any atom is -0.409 e. The highest BCUT2D eigenvalue weighted by Crippen LogP contribution is 2.47. The van der Waals surface area contributed by atoms with Crippen LogP contribution in [0.1, 0.15) is 186 Å². The molecule has 782 valence electrons. The van der Waals surface area contributed by atoms with Gasteiger partial charge in [0.05, 0.1) is 59.4 Å². The van der Waals surface area contributed by atoms with E-state index in [4.69, 9.17) is 60.5 Å². The molecule has 33 heteroatoms. The Morgan fingerprint density at radius 1 is 0.428 bits per heavy atom. The van der Waals surface area contributed by atoms with Gasteiger partial charge in [-0.1, -0.05) is 182 Å². The van der Waals surface area contributed by atoms with E-state index in [0.29, 0.717) is 90.1 Å². The van der Waals surface area contributed by atoms with Crippen molar-refractivity contribution in [1.82, 2.24) is 64.9 Å². The number of carbonyl (C=O) groups excluding carboxylic acids is 9. The number of aryl methyl sites for hydroxylation is 2. The second kappa shape index (κ2) is 54.8. The lowest BCUT2D eigenvalue weighted by molar-refractivity contribution is -0.150. The number of rotatable bonds is 36. The van der Waals surface area contributed by atoms with Gasteiger partial charge in [-0.2, -0.15) is 0 Å². The number of hydrogen-bond donors (Lipinski definition) is 5. The first-order valence-electron chi connectivity index (χ1n) is 52.8. The zero-order valence-corrected chi connectivity index (χ0v) is 89.0. The molecule has 9 aliphatic rings. The molecular formula is C112H148Cl3N15O12S3. The van der Waals surface area contributed by atoms with E-state index in [2.05, 4.69) is 110 Å². The first-order chi connectivity index (χ1) is 70.5. The lowest BCUT2D eigenvalue weighted by Gasteiger charge is -2.47. The maximum Gasteiger partial charge on any atom is 0.415 e. The monoisotopic (exact) mass is 2100 g/mol. The lowest BCUT2D eigenvalue weighted by Crippen LogP contribution is -2.66. The fourth-order valence-corrected chi connectivity index (χ4v) is 25.6. The number of amides is 7. The van der Waals surface area contributed by atoms with Gasteiger partial charge in [0, 0.05) is 111 Å². The van der Waals surface area contributed by atoms with Crippen LogP contribution in [-0.4, -0.2) is 282 Å². The maximum absolute atomic E-state index is 14.7. The number of nitrogens with two attached hydrogens (primary N) is 2. The minimum atomic E-state index is -0.825. The quantitative estimate of drug-likeness (QED) is 0.0228. The number of likely N-dealkylation sites (N-methyl/N-ethyl adjacent to an activating group) is 1. The number of piperidine rings is 1. The molecule has 7 N–H and O–H groups in total. The molecular weight excluding hydrogens is 1950 g/mol. The highest BCUT2D eigenvalue weighted by atomic mass is 35.5. The van der Waals surface area contributed by atoms with Gasteiger partial charge in [0.1, 0.15) is 18.1 Å². The number of para-hydroxylation sites is 3. The molecule has 0 unspecified atom stereocenters. The second-order valence-electron chi connectivity index (χ2n) is 41.3. The predicted octanol–water partition coefficient (Wildman–Crippen LogP) is 17.8. The van der Waals surface area contributed by atoms with E-state index in [1.807, 2.05) is 52.5 Å². The van der Waals surface area contributed by atoms with E-state index in [-0.39, 0.29) is 135 Å². The number of hydrogen-bond acceptors (Lipinski definition) is 23. The fourth-order valence-electron chi connectivity index (χ4n) is 23.0. The zero-order chi connectivity index (χ0) is 102. The minimum absolute atomic E-state index is 0.00183. The summed E-state index contributed by atoms with van der Waals surface area (Å²) >= 11 is 23.6. The van der Waals surface area contributed by atoms with Crippen molar-refractivity contribution < 1.29 is 57.4 Å². The average Bonchev–Trinajstić information content (AvgIpc) is 1.69. The largest absolute Gasteiger partial charge is 0.415 e. The van der Waals surface area contributed by atoms with E-state index in [9.17, 15) is 43.2 Å². The second-order valence-corrected chi connectivity index (χ2v) is 45.6. The summed E-state index contributed by atoms with van der Waals surface area (Å²) in [6, 6.07) is 51.2. The fraction of sp³-hybridized carbons (Fsp3) is 0.545. The van der Waals surface area contributed by atoms with Crippen molar-refractivity contribution in [2.24, 2.45) is 28.2 Å². The third-order valence-corrected chi connectivity index (χ3v) is 35.1. The van der Waals surface area contributed by atoms with Crippen LogP contribution in [0, 0.1) is 16.7 Å². The lowest BCUT2D eigenvalue weighted by atomic mass is 9.72. The third kappa shape index (κ3) is 31.0. The van der Waals surface area contributed by atoms with Gasteiger partial charge < -0.3 is 75.9 Å². The Bertz CT molecular complexity index is 5200. The van der Waals surface area contributed by atoms with Crippen LogP contribution in [0.15, 0.2) is 186 Å². The molecule has 0 radical (unpaired) electrons. The van der Waals surface area contributed by atoms with Gasteiger partial charge in [0.25, 0.3) is 0 Å². The van der Waals surface area contributed by atoms with Crippen LogP contribution in [0.5, 0.6) is 17.2 Å². The molecule has 6 saturated heterocycles. The van der Waals surface area contributed by atoms with Crippen molar-refractivity contribution in [2.45, 2.75) is 247 Å². The molecule has 9 heterocycles. The van der Waals surface area contributed by atoms with Crippen molar-refractivity contribution in [1.29, 1.82) is 0 Å². The van der Waals surface area contributed by atoms with Crippen molar-refractivity contribution in [3.05, 3.63) is 227 Å². The van der Waals surface area contributed by atoms with Gasteiger partial charge in [0.2, 0.25) is 23.6 Å². The number of thiophene rings is 3. The number of Topliss-reactive ketones (excluding diaryl/α,β-unsaturated/α-hetero) is 2. The third-order valence-electron chi connectivity index (χ3n) is 31.4. The maximum atomic E-state index is 14.7. The summed E-state index contributed by atoms with van der Waals surface area (Å²) in [7, 11) is 4.24. The van der Waals surface area contributed by atoms with Gasteiger partial charge >= 0.3 is 18.3 Å². The Labute approximate surface area is 883 Å². The Morgan fingerprint density at radius 3 is 1.21 bits per heavy atom. The zero-order valence-electron chi connectivity index (χ0n) is 84.3. The predicted molar refractivity (Wildman–Crippen MR) is 575 cm³/mol. The van der Waals surface area contributed by atoms with Gasteiger partial charge in [0.15, 0.2) is 28.8 Å². The number of nitrogens with zero attached hydrogens (tertiary/aromatic N) is 10. The molecule has 7 amide bonds. The van der Waals surface area contributed by atoms with Gasteiger partial charge in [-0.15, -0.1) is 34.0 Å². The van der Waals surface area contributed by atoms with Gasteiger partial charge in [-0.05, 0) is 280 Å². The van der Waals surface area contributed by atoms with Crippen LogP contribution in [0.25, 0.3) is 0 Å². The number of ether oxygens (including phenoxy) is 3. The SMILES string of the molecule is CN1CCC([C@H](C(=O)N2CCN(C(=O)Oc3ccccc3Cl)C[C@H]2C(=O)NCc2cccs2)N(C)C2CCCCC2)CC1.NCCCC[C@@H](NC1CCC2(CC1)CCN(Cc1ccccc1)C2)C(=O)N1CCN(C(=O)Oc2ccccc2Cl)C[C@H]1C(=O)CCc1cccs1.NCCCC[C@@H](NC1CCC2(CC1)CCN(Cc1ccccc1)C2)C(=O)N1CCN(C(=O)Oc2ccccc2Cl)C[C@H]1C(=O)CCc1cccs1. The molecule has 27 nitrogen and oxygen atoms in total. The summed E-state index contributed by atoms with van der Waals surface area (Å²) in [4.78, 5) is 148. The number of carbonyl (C=O) groups is 9. The summed E-state index contributed by atoms with van der Waals surface area (Å²) in [6.45, 7) is 11.8. The van der Waals surface area contributed by atoms with Gasteiger partial charge in [-0.3, -0.25) is 43.5 Å². The Balaban J connectivity index is 0.000000164. The van der Waals surface area contributed by atoms with E-state index >= 15 is 0 Å². The normalized spacial score (nSPS) is 22.6. The molecule has 145 heavy (non-hydrogen) atoms. The molecule has 2 spiro atoms. The Hall–Kier alpha value is -9.22. The van der Waals surface area contributed by atoms with Crippen LogP contribution in [0.3, 0.4) is 0 Å². The van der Waals surface area contributed by atoms with Gasteiger partial charge in [-0.25, -0.2) is 14.4 Å². The molecule has 8 aromatic rings. The molecule has 3 aromatic heterocycles. The van der Waals surface area contributed by atoms with Crippen LogP contribution in [-0.2, 0) is 61.2 Å². The highest BCUT2D eigenvalue weighted by Gasteiger charge is 2.49. The number of ketones is 2. The molecule has 3 aliphatic carbocycles. The van der Waals surface area contributed by atoms with Crippen molar-refractivity contribution in [2.75, 3.05) is 125 Å². The van der Waals surface area contributed by atoms with Crippen LogP contribution < -0.4 is 41.6 Å². The van der Waals surface area contributed by atoms with Crippen LogP contribution >= 0.6 is 68.8 Å². The van der Waals surface area contributed by atoms with Crippen LogP contribution in [0.2, 0.25) is 15.1 Å². The van der Waals surface area contributed by atoms with Crippen LogP contribution in [0.4, 0.5) is 14.4 Å². The number of piperazine rings is 3. The van der Waals surface area contributed by atoms with Crippen molar-refractivity contribution in [3.63, 3.8) is 0 Å². The number of nitrogens with one attached hydrogen (secondary N) is 3. The van der Waals surface area contributed by atoms with E-state index in [0.717, 1.165) is 170 Å². The summed E-state index contributed by atoms with van der Waals surface area (Å²) in [6.07, 6.45) is 23.6. The topological polar surface area (TPSA) is 302 Å². The Morgan fingerprint density at radius 2 is 0.814 bits per heavy atom. The van der Waals surface area contributed by atoms with E-state index < -0.39 is 48.5 Å². The molecule has 6 aliphatic heterocycles. The number of halogens is 3. The number of likely N-dealkylation sites (tertiary alicyclic amines) is 3. The molecule has 6 atom stereocenters. The van der Waals surface area contributed by atoms with E-state index in [1.54, 1.807) is 122 Å². The average molecular weight is 2100 g/mol. The molecule has 3 saturated carbocycles. The number of unbranched alkanes of at least 4 members (excludes halogenated alkanes) is 2. The highest BCUT2D eigenvalue weighted by molar-refractivity contribution is 7.10. The van der Waals surface area contributed by atoms with E-state index in [1.165, 1.54) is 57.9 Å². The first kappa shape index (κ1) is 110. The molecule has 5 aromatic carbocycles. The van der Waals surface area contributed by atoms with Crippen molar-refractivity contribution >= 4 is 122 Å². The number of benzene rings is 5. The standard InChI is InChI=1S/2C40H52ClN5O4S.C32H44ClN5O4S/c2*41-33-12-4-5-14-37(33)50-39(49)45-24-25-46(35(28-45)36(47)16-15-32-11-8-26-51-32)38(48)34(13-6-7-22-42)43-31-17-19-40(20-18-31)21-23-44(29-40)27-30-9-2-1-3-10-30;1-35-16-14-23(15-17-35)29(36(2)24-9-4-3-5-10-24)31(40)38-19-18-37(32(41)42-28-13-7-6-12-26(28)33)22-27(38)30(39)34-21-25-11-8-20-43-25/h2*1-5,8-12,14,26,31,34-35,43H,6-7,13,15-25,27-29,42H2;6-8,11-13,20,23-24,27,29H,3-5,9-10,14-19,21-22H2,1-2H3,(H,34,39)/t2*31?,34-,35+,40?;27-,29+/m110/s1. The van der Waals surface area contributed by atoms with Crippen molar-refractivity contribution in [3.8, 4) is 17.2 Å². The summed E-state index contributed by atoms with van der Waals surface area (Å²) in [5, 5.41) is 17.6. The molecule has 0 bridgehead atoms. The Kier molecular flexibility index (Phi) is 41.6. The smallest absolute Gasteiger partial charge is 0.409 e. The summed E-state index contributed by atoms with van der Waals surface area (Å²) in [5.41, 5.74) is 15.2. The summed E-state index contributed by atoms with van der Waals surface area (Å²) in [5.74, 6) is 0.536. The first-order valence-corrected chi connectivity index (χ1v) is 56.5. The molecule has 9 fully saturated rings. The summed E-state index contributed by atoms with van der Waals surface area (Å²) < 4.78 is 16.9. The molecule has 17 rings (SSSR count).